The number of fused-ring (bicyclic) bond motifs is 1. The highest BCUT2D eigenvalue weighted by molar-refractivity contribution is 7.89. The molecule has 31 heavy (non-hydrogen) atoms. The van der Waals surface area contributed by atoms with Crippen molar-refractivity contribution in [2.45, 2.75) is 38.0 Å². The van der Waals surface area contributed by atoms with Crippen LogP contribution in [0.15, 0.2) is 45.7 Å². The van der Waals surface area contributed by atoms with E-state index in [1.54, 1.807) is 31.4 Å². The number of hydrogen-bond donors (Lipinski definition) is 1. The lowest BCUT2D eigenvalue weighted by Gasteiger charge is -2.26. The predicted molar refractivity (Wildman–Crippen MR) is 119 cm³/mol. The number of hydrogen-bond acceptors (Lipinski definition) is 5. The van der Waals surface area contributed by atoms with E-state index < -0.39 is 15.9 Å². The van der Waals surface area contributed by atoms with E-state index in [-0.39, 0.29) is 10.7 Å². The molecular weight excluding hydrogens is 416 g/mol. The maximum Gasteiger partial charge on any atom is 0.291 e. The maximum absolute atomic E-state index is 13.0. The topological polar surface area (TPSA) is 88.8 Å². The number of nitrogens with zero attached hydrogens (tertiary/aromatic N) is 1. The minimum Gasteiger partial charge on any atom is -0.497 e. The molecule has 0 bridgehead atoms. The number of methoxy groups -OCH3 is 1. The molecule has 1 aromatic heterocycles. The molecule has 0 unspecified atom stereocenters. The third-order valence-corrected chi connectivity index (χ3v) is 7.65. The molecule has 164 valence electrons. The molecule has 0 saturated carbocycles. The normalized spacial score (nSPS) is 15.2. The highest BCUT2D eigenvalue weighted by Crippen LogP contribution is 2.30. The summed E-state index contributed by atoms with van der Waals surface area (Å²) >= 11 is 0. The summed E-state index contributed by atoms with van der Waals surface area (Å²) in [6.45, 7) is 4.69. The lowest BCUT2D eigenvalue weighted by molar-refractivity contribution is 0.0997. The molecule has 1 saturated heterocycles. The van der Waals surface area contributed by atoms with Gasteiger partial charge >= 0.3 is 0 Å². The maximum atomic E-state index is 13.0. The number of rotatable bonds is 5. The van der Waals surface area contributed by atoms with Crippen LogP contribution in [-0.4, -0.2) is 38.8 Å². The second-order valence-corrected chi connectivity index (χ2v) is 9.75. The molecule has 1 fully saturated rings. The third-order valence-electron chi connectivity index (χ3n) is 5.76. The zero-order valence-corrected chi connectivity index (χ0v) is 18.7. The first-order valence-corrected chi connectivity index (χ1v) is 11.7. The van der Waals surface area contributed by atoms with Crippen molar-refractivity contribution in [1.82, 2.24) is 4.31 Å². The molecule has 1 aliphatic heterocycles. The zero-order valence-electron chi connectivity index (χ0n) is 17.9. The van der Waals surface area contributed by atoms with Gasteiger partial charge in [0.2, 0.25) is 10.0 Å². The Kier molecular flexibility index (Phi) is 5.77. The second-order valence-electron chi connectivity index (χ2n) is 7.81. The van der Waals surface area contributed by atoms with Crippen molar-refractivity contribution < 1.29 is 22.4 Å². The fourth-order valence-corrected chi connectivity index (χ4v) is 5.42. The molecule has 1 N–H and O–H groups in total. The number of anilines is 1. The molecule has 0 aliphatic carbocycles. The Labute approximate surface area is 182 Å². The molecule has 1 aliphatic rings. The summed E-state index contributed by atoms with van der Waals surface area (Å²) in [4.78, 5) is 13.2. The Bertz CT molecular complexity index is 1240. The Morgan fingerprint density at radius 2 is 1.81 bits per heavy atom. The monoisotopic (exact) mass is 442 g/mol. The van der Waals surface area contributed by atoms with Crippen molar-refractivity contribution in [3.05, 3.63) is 53.3 Å². The SMILES string of the molecule is COc1ccc2oc(C(=O)Nc3cc(S(=O)(=O)N4CCCCC4)ccc3C)c(C)c2c1. The van der Waals surface area contributed by atoms with Crippen LogP contribution in [-0.2, 0) is 10.0 Å². The molecule has 0 atom stereocenters. The number of aryl methyl sites for hydroxylation is 2. The van der Waals surface area contributed by atoms with Crippen molar-refractivity contribution in [3.8, 4) is 5.75 Å². The average molecular weight is 443 g/mol. The van der Waals surface area contributed by atoms with Gasteiger partial charge in [0.15, 0.2) is 5.76 Å². The van der Waals surface area contributed by atoms with Crippen LogP contribution in [0.1, 0.15) is 40.9 Å². The summed E-state index contributed by atoms with van der Waals surface area (Å²) in [7, 11) is -2.01. The van der Waals surface area contributed by atoms with E-state index in [4.69, 9.17) is 9.15 Å². The summed E-state index contributed by atoms with van der Waals surface area (Å²) < 4.78 is 38.6. The Morgan fingerprint density at radius 3 is 2.52 bits per heavy atom. The average Bonchev–Trinajstić information content (AvgIpc) is 3.11. The Morgan fingerprint density at radius 1 is 1.06 bits per heavy atom. The van der Waals surface area contributed by atoms with Gasteiger partial charge in [-0.2, -0.15) is 4.31 Å². The summed E-state index contributed by atoms with van der Waals surface area (Å²) in [6.07, 6.45) is 2.78. The zero-order chi connectivity index (χ0) is 22.2. The van der Waals surface area contributed by atoms with Crippen LogP contribution in [0, 0.1) is 13.8 Å². The molecule has 1 amide bonds. The predicted octanol–water partition coefficient (Wildman–Crippen LogP) is 4.49. The third kappa shape index (κ3) is 4.05. The number of piperidine rings is 1. The van der Waals surface area contributed by atoms with Gasteiger partial charge in [0.1, 0.15) is 11.3 Å². The molecule has 3 aromatic rings. The van der Waals surface area contributed by atoms with Crippen molar-refractivity contribution in [2.75, 3.05) is 25.5 Å². The van der Waals surface area contributed by atoms with Crippen LogP contribution in [0.3, 0.4) is 0 Å². The standard InChI is InChI=1S/C23H26N2O5S/c1-15-7-9-18(31(27,28)25-11-5-4-6-12-25)14-20(15)24-23(26)22-16(2)19-13-17(29-3)8-10-21(19)30-22/h7-10,13-14H,4-6,11-12H2,1-3H3,(H,24,26). The highest BCUT2D eigenvalue weighted by Gasteiger charge is 2.27. The molecule has 2 heterocycles. The molecule has 0 spiro atoms. The van der Waals surface area contributed by atoms with Gasteiger partial charge in [0, 0.05) is 29.7 Å². The van der Waals surface area contributed by atoms with Crippen LogP contribution in [0.25, 0.3) is 11.0 Å². The molecule has 7 nitrogen and oxygen atoms in total. The van der Waals surface area contributed by atoms with Crippen molar-refractivity contribution in [3.63, 3.8) is 0 Å². The smallest absolute Gasteiger partial charge is 0.291 e. The highest BCUT2D eigenvalue weighted by atomic mass is 32.2. The van der Waals surface area contributed by atoms with Crippen molar-refractivity contribution >= 4 is 32.6 Å². The number of furan rings is 1. The summed E-state index contributed by atoms with van der Waals surface area (Å²) in [5.41, 5.74) is 2.49. The first-order chi connectivity index (χ1) is 14.8. The number of carbonyl (C=O) groups is 1. The number of benzene rings is 2. The number of sulfonamides is 1. The minimum atomic E-state index is -3.59. The van der Waals surface area contributed by atoms with E-state index in [9.17, 15) is 13.2 Å². The van der Waals surface area contributed by atoms with Gasteiger partial charge in [-0.1, -0.05) is 12.5 Å². The van der Waals surface area contributed by atoms with E-state index in [2.05, 4.69) is 5.32 Å². The first-order valence-electron chi connectivity index (χ1n) is 10.3. The van der Waals surface area contributed by atoms with E-state index in [1.165, 1.54) is 10.4 Å². The van der Waals surface area contributed by atoms with Crippen molar-refractivity contribution in [1.29, 1.82) is 0 Å². The fraction of sp³-hybridized carbons (Fsp3) is 0.348. The van der Waals surface area contributed by atoms with Crippen LogP contribution >= 0.6 is 0 Å². The fourth-order valence-electron chi connectivity index (χ4n) is 3.87. The van der Waals surface area contributed by atoms with Gasteiger partial charge in [-0.15, -0.1) is 0 Å². The van der Waals surface area contributed by atoms with Gasteiger partial charge in [0.05, 0.1) is 12.0 Å². The van der Waals surface area contributed by atoms with Gasteiger partial charge < -0.3 is 14.5 Å². The minimum absolute atomic E-state index is 0.182. The lowest BCUT2D eigenvalue weighted by Crippen LogP contribution is -2.35. The summed E-state index contributed by atoms with van der Waals surface area (Å²) in [5.74, 6) is 0.435. The molecule has 2 aromatic carbocycles. The van der Waals surface area contributed by atoms with Crippen molar-refractivity contribution in [2.24, 2.45) is 0 Å². The van der Waals surface area contributed by atoms with E-state index in [0.717, 1.165) is 30.2 Å². The Balaban J connectivity index is 1.63. The van der Waals surface area contributed by atoms with Crippen LogP contribution in [0.2, 0.25) is 0 Å². The van der Waals surface area contributed by atoms with Crippen LogP contribution in [0.5, 0.6) is 5.75 Å². The van der Waals surface area contributed by atoms with Gasteiger partial charge in [-0.05, 0) is 62.6 Å². The van der Waals surface area contributed by atoms with Crippen LogP contribution < -0.4 is 10.1 Å². The Hall–Kier alpha value is -2.84. The summed E-state index contributed by atoms with van der Waals surface area (Å²) in [5, 5.41) is 3.62. The van der Waals surface area contributed by atoms with Crippen LogP contribution in [0.4, 0.5) is 5.69 Å². The second kappa shape index (κ2) is 8.36. The first kappa shape index (κ1) is 21.4. The number of nitrogens with one attached hydrogen (secondary N) is 1. The van der Waals surface area contributed by atoms with E-state index in [0.29, 0.717) is 35.7 Å². The molecule has 8 heteroatoms. The molecule has 0 radical (unpaired) electrons. The number of ether oxygens (including phenoxy) is 1. The number of carbonyl (C=O) groups excluding carboxylic acids is 1. The largest absolute Gasteiger partial charge is 0.497 e. The molecular formula is C23H26N2O5S. The van der Waals surface area contributed by atoms with Gasteiger partial charge in [-0.25, -0.2) is 8.42 Å². The quantitative estimate of drug-likeness (QED) is 0.629. The number of amides is 1. The molecule has 4 rings (SSSR count). The van der Waals surface area contributed by atoms with Gasteiger partial charge in [-0.3, -0.25) is 4.79 Å². The van der Waals surface area contributed by atoms with E-state index >= 15 is 0 Å². The van der Waals surface area contributed by atoms with Gasteiger partial charge in [0.25, 0.3) is 5.91 Å². The summed E-state index contributed by atoms with van der Waals surface area (Å²) in [6, 6.07) is 10.2. The lowest BCUT2D eigenvalue weighted by atomic mass is 10.1. The van der Waals surface area contributed by atoms with E-state index in [1.807, 2.05) is 19.9 Å².